The van der Waals surface area contributed by atoms with E-state index >= 15 is 0 Å². The van der Waals surface area contributed by atoms with Crippen LogP contribution >= 0.6 is 0 Å². The molecule has 0 radical (unpaired) electrons. The van der Waals surface area contributed by atoms with Crippen LogP contribution in [0.25, 0.3) is 0 Å². The summed E-state index contributed by atoms with van der Waals surface area (Å²) in [5.41, 5.74) is 0. The molecule has 2 rings (SSSR count). The van der Waals surface area contributed by atoms with Gasteiger partial charge in [0.1, 0.15) is 0 Å². The van der Waals surface area contributed by atoms with Gasteiger partial charge in [-0.3, -0.25) is 9.69 Å². The maximum absolute atomic E-state index is 12.0. The van der Waals surface area contributed by atoms with Crippen molar-refractivity contribution in [3.8, 4) is 0 Å². The molecule has 1 heterocycles. The molecule has 21 heavy (non-hydrogen) atoms. The van der Waals surface area contributed by atoms with Gasteiger partial charge in [0.25, 0.3) is 0 Å². The first-order valence-corrected chi connectivity index (χ1v) is 8.50. The first-order valence-electron chi connectivity index (χ1n) is 7.01. The van der Waals surface area contributed by atoms with E-state index in [0.717, 1.165) is 13.1 Å². The average molecular weight is 311 g/mol. The van der Waals surface area contributed by atoms with E-state index in [-0.39, 0.29) is 10.8 Å². The molecule has 1 aliphatic rings. The van der Waals surface area contributed by atoms with Crippen molar-refractivity contribution >= 4 is 15.9 Å². The van der Waals surface area contributed by atoms with Crippen LogP contribution in [-0.4, -0.2) is 63.4 Å². The summed E-state index contributed by atoms with van der Waals surface area (Å²) in [6.45, 7) is 5.58. The molecule has 1 fully saturated rings. The third-order valence-corrected chi connectivity index (χ3v) is 5.07. The van der Waals surface area contributed by atoms with Gasteiger partial charge < -0.3 is 4.90 Å². The first kappa shape index (κ1) is 15.9. The molecule has 1 aliphatic heterocycles. The Balaban J connectivity index is 1.77. The van der Waals surface area contributed by atoms with Crippen LogP contribution in [0.2, 0.25) is 0 Å². The van der Waals surface area contributed by atoms with E-state index in [4.69, 9.17) is 0 Å². The fraction of sp³-hybridized carbons (Fsp3) is 0.500. The SMILES string of the molecule is CC(=O)N1CCN(CCNS(=O)(=O)c2ccccc2)CC1. The molecule has 0 aliphatic carbocycles. The molecule has 0 unspecified atom stereocenters. The van der Waals surface area contributed by atoms with Gasteiger partial charge in [-0.2, -0.15) is 0 Å². The number of carbonyl (C=O) groups excluding carboxylic acids is 1. The van der Waals surface area contributed by atoms with Gasteiger partial charge in [0.2, 0.25) is 15.9 Å². The van der Waals surface area contributed by atoms with Crippen LogP contribution in [0.4, 0.5) is 0 Å². The average Bonchev–Trinajstić information content (AvgIpc) is 2.48. The Morgan fingerprint density at radius 1 is 1.14 bits per heavy atom. The van der Waals surface area contributed by atoms with Crippen LogP contribution in [-0.2, 0) is 14.8 Å². The second kappa shape index (κ2) is 7.02. The van der Waals surface area contributed by atoms with Gasteiger partial charge in [0.05, 0.1) is 4.90 Å². The Morgan fingerprint density at radius 3 is 2.33 bits per heavy atom. The molecular weight excluding hydrogens is 290 g/mol. The van der Waals surface area contributed by atoms with Crippen molar-refractivity contribution in [2.24, 2.45) is 0 Å². The highest BCUT2D eigenvalue weighted by molar-refractivity contribution is 7.89. The summed E-state index contributed by atoms with van der Waals surface area (Å²) >= 11 is 0. The molecule has 1 aromatic carbocycles. The summed E-state index contributed by atoms with van der Waals surface area (Å²) in [5, 5.41) is 0. The van der Waals surface area contributed by atoms with Crippen LogP contribution in [0.1, 0.15) is 6.92 Å². The van der Waals surface area contributed by atoms with Gasteiger partial charge >= 0.3 is 0 Å². The Bertz CT molecular complexity index is 566. The highest BCUT2D eigenvalue weighted by Gasteiger charge is 2.19. The fourth-order valence-electron chi connectivity index (χ4n) is 2.31. The Hall–Kier alpha value is -1.44. The first-order chi connectivity index (χ1) is 9.99. The Morgan fingerprint density at radius 2 is 1.76 bits per heavy atom. The second-order valence-electron chi connectivity index (χ2n) is 5.06. The largest absolute Gasteiger partial charge is 0.340 e. The molecule has 1 N–H and O–H groups in total. The van der Waals surface area contributed by atoms with Crippen molar-refractivity contribution < 1.29 is 13.2 Å². The van der Waals surface area contributed by atoms with Crippen molar-refractivity contribution in [3.05, 3.63) is 30.3 Å². The monoisotopic (exact) mass is 311 g/mol. The number of hydrogen-bond donors (Lipinski definition) is 1. The van der Waals surface area contributed by atoms with Gasteiger partial charge in [-0.25, -0.2) is 13.1 Å². The summed E-state index contributed by atoms with van der Waals surface area (Å²) in [6.07, 6.45) is 0. The molecule has 0 spiro atoms. The zero-order valence-corrected chi connectivity index (χ0v) is 13.0. The summed E-state index contributed by atoms with van der Waals surface area (Å²) in [5.74, 6) is 0.0967. The lowest BCUT2D eigenvalue weighted by atomic mass is 10.3. The molecule has 6 nitrogen and oxygen atoms in total. The van der Waals surface area contributed by atoms with Crippen molar-refractivity contribution in [1.29, 1.82) is 0 Å². The van der Waals surface area contributed by atoms with E-state index in [1.807, 2.05) is 4.90 Å². The Labute approximate surface area is 125 Å². The van der Waals surface area contributed by atoms with Gasteiger partial charge in [-0.1, -0.05) is 18.2 Å². The van der Waals surface area contributed by atoms with E-state index in [9.17, 15) is 13.2 Å². The molecule has 0 atom stereocenters. The van der Waals surface area contributed by atoms with Gasteiger partial charge in [-0.15, -0.1) is 0 Å². The summed E-state index contributed by atoms with van der Waals surface area (Å²) in [4.78, 5) is 15.5. The molecular formula is C14H21N3O3S. The third kappa shape index (κ3) is 4.52. The van der Waals surface area contributed by atoms with Crippen LogP contribution < -0.4 is 4.72 Å². The second-order valence-corrected chi connectivity index (χ2v) is 6.83. The van der Waals surface area contributed by atoms with Crippen LogP contribution in [0.15, 0.2) is 35.2 Å². The Kier molecular flexibility index (Phi) is 5.33. The molecule has 0 aromatic heterocycles. The van der Waals surface area contributed by atoms with Crippen LogP contribution in [0.3, 0.4) is 0 Å². The van der Waals surface area contributed by atoms with Crippen molar-refractivity contribution in [3.63, 3.8) is 0 Å². The molecule has 1 aromatic rings. The lowest BCUT2D eigenvalue weighted by molar-refractivity contribution is -0.130. The number of benzene rings is 1. The highest BCUT2D eigenvalue weighted by Crippen LogP contribution is 2.07. The highest BCUT2D eigenvalue weighted by atomic mass is 32.2. The van der Waals surface area contributed by atoms with E-state index in [1.54, 1.807) is 37.3 Å². The molecule has 116 valence electrons. The summed E-state index contributed by atoms with van der Waals surface area (Å²) in [7, 11) is -3.43. The van der Waals surface area contributed by atoms with Crippen LogP contribution in [0, 0.1) is 0 Å². The number of nitrogens with one attached hydrogen (secondary N) is 1. The topological polar surface area (TPSA) is 69.7 Å². The minimum Gasteiger partial charge on any atom is -0.340 e. The minimum absolute atomic E-state index is 0.0967. The lowest BCUT2D eigenvalue weighted by Crippen LogP contribution is -2.49. The van der Waals surface area contributed by atoms with Crippen molar-refractivity contribution in [1.82, 2.24) is 14.5 Å². The third-order valence-electron chi connectivity index (χ3n) is 3.59. The maximum atomic E-state index is 12.0. The zero-order valence-electron chi connectivity index (χ0n) is 12.2. The normalized spacial score (nSPS) is 16.9. The van der Waals surface area contributed by atoms with Crippen molar-refractivity contribution in [2.45, 2.75) is 11.8 Å². The van der Waals surface area contributed by atoms with Crippen molar-refractivity contribution in [2.75, 3.05) is 39.3 Å². The molecule has 0 saturated carbocycles. The van der Waals surface area contributed by atoms with Gasteiger partial charge in [0, 0.05) is 46.2 Å². The summed E-state index contributed by atoms with van der Waals surface area (Å²) < 4.78 is 26.7. The zero-order chi connectivity index (χ0) is 15.3. The molecule has 7 heteroatoms. The standard InChI is InChI=1S/C14H21N3O3S/c1-13(18)17-11-9-16(10-12-17)8-7-15-21(19,20)14-5-3-2-4-6-14/h2-6,15H,7-12H2,1H3. The number of piperazine rings is 1. The smallest absolute Gasteiger partial charge is 0.240 e. The minimum atomic E-state index is -3.43. The predicted octanol–water partition coefficient (Wildman–Crippen LogP) is 0.129. The van der Waals surface area contributed by atoms with E-state index < -0.39 is 10.0 Å². The van der Waals surface area contributed by atoms with Gasteiger partial charge in [-0.05, 0) is 12.1 Å². The van der Waals surface area contributed by atoms with Gasteiger partial charge in [0.15, 0.2) is 0 Å². The van der Waals surface area contributed by atoms with E-state index in [1.165, 1.54) is 0 Å². The predicted molar refractivity (Wildman–Crippen MR) is 80.3 cm³/mol. The summed E-state index contributed by atoms with van der Waals surface area (Å²) in [6, 6.07) is 8.35. The number of rotatable bonds is 5. The number of sulfonamides is 1. The molecule has 1 saturated heterocycles. The number of carbonyl (C=O) groups is 1. The fourth-order valence-corrected chi connectivity index (χ4v) is 3.35. The number of amides is 1. The number of hydrogen-bond acceptors (Lipinski definition) is 4. The maximum Gasteiger partial charge on any atom is 0.240 e. The number of nitrogens with zero attached hydrogens (tertiary/aromatic N) is 2. The quantitative estimate of drug-likeness (QED) is 0.839. The molecule has 1 amide bonds. The van der Waals surface area contributed by atoms with Crippen LogP contribution in [0.5, 0.6) is 0 Å². The molecule has 0 bridgehead atoms. The van der Waals surface area contributed by atoms with E-state index in [0.29, 0.717) is 26.2 Å². The lowest BCUT2D eigenvalue weighted by Gasteiger charge is -2.34. The van der Waals surface area contributed by atoms with E-state index in [2.05, 4.69) is 9.62 Å².